The number of nitrogens with zero attached hydrogens (tertiary/aromatic N) is 1. The number of hydrogen-bond donors (Lipinski definition) is 2. The van der Waals surface area contributed by atoms with E-state index in [-0.39, 0.29) is 5.91 Å². The Morgan fingerprint density at radius 3 is 2.85 bits per heavy atom. The van der Waals surface area contributed by atoms with Gasteiger partial charge in [0.1, 0.15) is 0 Å². The van der Waals surface area contributed by atoms with E-state index in [4.69, 9.17) is 17.3 Å². The number of rotatable bonds is 7. The van der Waals surface area contributed by atoms with Crippen LogP contribution >= 0.6 is 23.4 Å². The van der Waals surface area contributed by atoms with Gasteiger partial charge in [0, 0.05) is 40.7 Å². The van der Waals surface area contributed by atoms with E-state index >= 15 is 0 Å². The Bertz CT molecular complexity index is 750. The summed E-state index contributed by atoms with van der Waals surface area (Å²) in [6, 6.07) is 9.30. The molecule has 6 heteroatoms. The molecule has 1 aromatic heterocycles. The van der Waals surface area contributed by atoms with E-state index in [0.717, 1.165) is 22.0 Å². The van der Waals surface area contributed by atoms with Gasteiger partial charge in [-0.3, -0.25) is 9.78 Å². The zero-order valence-corrected chi connectivity index (χ0v) is 16.9. The number of benzene rings is 1. The van der Waals surface area contributed by atoms with Crippen LogP contribution in [0.1, 0.15) is 53.3 Å². The molecule has 27 heavy (non-hydrogen) atoms. The van der Waals surface area contributed by atoms with Crippen LogP contribution in [0.3, 0.4) is 0 Å². The highest BCUT2D eigenvalue weighted by molar-refractivity contribution is 7.99. The van der Waals surface area contributed by atoms with Crippen molar-refractivity contribution in [3.63, 3.8) is 0 Å². The van der Waals surface area contributed by atoms with Gasteiger partial charge < -0.3 is 11.1 Å². The molecule has 1 aliphatic rings. The van der Waals surface area contributed by atoms with E-state index in [9.17, 15) is 4.79 Å². The molecule has 1 atom stereocenters. The van der Waals surface area contributed by atoms with Gasteiger partial charge in [-0.15, -0.1) is 0 Å². The molecule has 0 radical (unpaired) electrons. The lowest BCUT2D eigenvalue weighted by Gasteiger charge is -2.31. The van der Waals surface area contributed by atoms with Crippen molar-refractivity contribution in [2.45, 2.75) is 37.4 Å². The number of pyridine rings is 1. The number of nitrogens with one attached hydrogen (secondary N) is 1. The molecule has 1 amide bonds. The Balaban J connectivity index is 1.61. The van der Waals surface area contributed by atoms with Crippen molar-refractivity contribution in [2.24, 2.45) is 5.92 Å². The molecule has 1 aromatic carbocycles. The second-order valence-corrected chi connectivity index (χ2v) is 8.65. The van der Waals surface area contributed by atoms with Crippen LogP contribution in [-0.2, 0) is 0 Å². The summed E-state index contributed by atoms with van der Waals surface area (Å²) in [4.78, 5) is 16.2. The summed E-state index contributed by atoms with van der Waals surface area (Å²) in [5.41, 5.74) is 8.81. The third kappa shape index (κ3) is 5.63. The number of anilines is 1. The molecule has 4 nitrogen and oxygen atoms in total. The second-order valence-electron chi connectivity index (χ2n) is 6.96. The van der Waals surface area contributed by atoms with E-state index < -0.39 is 0 Å². The zero-order valence-electron chi connectivity index (χ0n) is 15.4. The number of nitrogens with two attached hydrogens (primary N) is 1. The van der Waals surface area contributed by atoms with Crippen LogP contribution in [0.2, 0.25) is 5.02 Å². The molecular weight excluding hydrogens is 378 g/mol. The van der Waals surface area contributed by atoms with Gasteiger partial charge in [-0.1, -0.05) is 30.9 Å². The standard InChI is InChI=1S/C21H26ClN3OS/c22-17-8-9-19(23)18(13-17)20(15-5-2-1-3-6-15)27-12-11-25-21(26)16-7-4-10-24-14-16/h4,7-10,13-15,20H,1-3,5-6,11-12,23H2,(H,25,26). The van der Waals surface area contributed by atoms with Gasteiger partial charge in [-0.05, 0) is 54.7 Å². The van der Waals surface area contributed by atoms with Gasteiger partial charge in [0.25, 0.3) is 5.91 Å². The van der Waals surface area contributed by atoms with Crippen molar-refractivity contribution < 1.29 is 4.79 Å². The monoisotopic (exact) mass is 403 g/mol. The molecule has 3 N–H and O–H groups in total. The summed E-state index contributed by atoms with van der Waals surface area (Å²) >= 11 is 8.12. The number of thioether (sulfide) groups is 1. The lowest BCUT2D eigenvalue weighted by Crippen LogP contribution is -2.26. The molecule has 0 aliphatic heterocycles. The molecule has 3 rings (SSSR count). The summed E-state index contributed by atoms with van der Waals surface area (Å²) in [5.74, 6) is 1.36. The van der Waals surface area contributed by atoms with Crippen LogP contribution in [0.4, 0.5) is 5.69 Å². The summed E-state index contributed by atoms with van der Waals surface area (Å²) < 4.78 is 0. The van der Waals surface area contributed by atoms with Crippen molar-refractivity contribution in [1.29, 1.82) is 0 Å². The number of aromatic nitrogens is 1. The smallest absolute Gasteiger partial charge is 0.252 e. The Hall–Kier alpha value is -1.72. The maximum absolute atomic E-state index is 12.2. The molecule has 1 unspecified atom stereocenters. The number of halogens is 1. The molecule has 1 aliphatic carbocycles. The predicted molar refractivity (Wildman–Crippen MR) is 114 cm³/mol. The minimum absolute atomic E-state index is 0.0832. The summed E-state index contributed by atoms with van der Waals surface area (Å²) in [6.07, 6.45) is 9.58. The fourth-order valence-corrected chi connectivity index (χ4v) is 5.24. The predicted octanol–water partition coefficient (Wildman–Crippen LogP) is 5.10. The van der Waals surface area contributed by atoms with Crippen LogP contribution in [-0.4, -0.2) is 23.2 Å². The van der Waals surface area contributed by atoms with E-state index in [1.54, 1.807) is 24.5 Å². The molecule has 0 saturated heterocycles. The first kappa shape index (κ1) is 20.0. The molecule has 0 bridgehead atoms. The van der Waals surface area contributed by atoms with Crippen molar-refractivity contribution >= 4 is 35.0 Å². The molecule has 2 aromatic rings. The highest BCUT2D eigenvalue weighted by Crippen LogP contribution is 2.45. The van der Waals surface area contributed by atoms with Gasteiger partial charge in [-0.2, -0.15) is 11.8 Å². The second kappa shape index (κ2) is 10.00. The lowest BCUT2D eigenvalue weighted by molar-refractivity contribution is 0.0956. The molecule has 1 saturated carbocycles. The van der Waals surface area contributed by atoms with Crippen LogP contribution in [0, 0.1) is 5.92 Å². The largest absolute Gasteiger partial charge is 0.398 e. The van der Waals surface area contributed by atoms with E-state index in [1.807, 2.05) is 30.0 Å². The van der Waals surface area contributed by atoms with E-state index in [1.165, 1.54) is 32.1 Å². The SMILES string of the molecule is Nc1ccc(Cl)cc1C(SCCNC(=O)c1cccnc1)C1CCCCC1. The number of carbonyl (C=O) groups is 1. The Morgan fingerprint density at radius 2 is 2.11 bits per heavy atom. The highest BCUT2D eigenvalue weighted by Gasteiger charge is 2.27. The average Bonchev–Trinajstić information content (AvgIpc) is 2.71. The van der Waals surface area contributed by atoms with Gasteiger partial charge in [-0.25, -0.2) is 0 Å². The molecule has 1 heterocycles. The fraction of sp³-hybridized carbons (Fsp3) is 0.429. The quantitative estimate of drug-likeness (QED) is 0.498. The maximum atomic E-state index is 12.2. The van der Waals surface area contributed by atoms with Crippen molar-refractivity contribution in [2.75, 3.05) is 18.0 Å². The van der Waals surface area contributed by atoms with Crippen LogP contribution in [0.5, 0.6) is 0 Å². The first-order chi connectivity index (χ1) is 13.1. The highest BCUT2D eigenvalue weighted by atomic mass is 35.5. The number of nitrogen functional groups attached to an aromatic ring is 1. The van der Waals surface area contributed by atoms with E-state index in [2.05, 4.69) is 10.3 Å². The third-order valence-corrected chi connectivity index (χ3v) is 6.71. The molecule has 0 spiro atoms. The summed E-state index contributed by atoms with van der Waals surface area (Å²) in [7, 11) is 0. The Morgan fingerprint density at radius 1 is 1.30 bits per heavy atom. The number of amides is 1. The Kier molecular flexibility index (Phi) is 7.41. The van der Waals surface area contributed by atoms with Gasteiger partial charge in [0.05, 0.1) is 5.56 Å². The van der Waals surface area contributed by atoms with Crippen molar-refractivity contribution in [3.05, 3.63) is 58.9 Å². The van der Waals surface area contributed by atoms with Gasteiger partial charge in [0.2, 0.25) is 0 Å². The lowest BCUT2D eigenvalue weighted by atomic mass is 9.84. The molecule has 1 fully saturated rings. The normalized spacial score (nSPS) is 16.0. The van der Waals surface area contributed by atoms with Gasteiger partial charge >= 0.3 is 0 Å². The fourth-order valence-electron chi connectivity index (χ4n) is 3.66. The van der Waals surface area contributed by atoms with Gasteiger partial charge in [0.15, 0.2) is 0 Å². The maximum Gasteiger partial charge on any atom is 0.252 e. The summed E-state index contributed by atoms with van der Waals surface area (Å²) in [5, 5.41) is 4.02. The first-order valence-electron chi connectivity index (χ1n) is 9.50. The van der Waals surface area contributed by atoms with Crippen molar-refractivity contribution in [1.82, 2.24) is 10.3 Å². The minimum Gasteiger partial charge on any atom is -0.398 e. The zero-order chi connectivity index (χ0) is 19.1. The Labute approximate surface area is 170 Å². The van der Waals surface area contributed by atoms with Crippen LogP contribution in [0.15, 0.2) is 42.7 Å². The molecule has 144 valence electrons. The van der Waals surface area contributed by atoms with Crippen LogP contribution in [0.25, 0.3) is 0 Å². The van der Waals surface area contributed by atoms with Crippen LogP contribution < -0.4 is 11.1 Å². The third-order valence-electron chi connectivity index (χ3n) is 5.04. The minimum atomic E-state index is -0.0832. The van der Waals surface area contributed by atoms with E-state index in [0.29, 0.717) is 23.3 Å². The van der Waals surface area contributed by atoms with Crippen molar-refractivity contribution in [3.8, 4) is 0 Å². The number of carbonyl (C=O) groups excluding carboxylic acids is 1. The first-order valence-corrected chi connectivity index (χ1v) is 10.9. The molecular formula is C21H26ClN3OS. The topological polar surface area (TPSA) is 68.0 Å². The summed E-state index contributed by atoms with van der Waals surface area (Å²) in [6.45, 7) is 0.613. The average molecular weight is 404 g/mol. The number of hydrogen-bond acceptors (Lipinski definition) is 4.